The first-order chi connectivity index (χ1) is 20.2. The van der Waals surface area contributed by atoms with Crippen LogP contribution in [0.3, 0.4) is 0 Å². The van der Waals surface area contributed by atoms with Gasteiger partial charge in [0.2, 0.25) is 18.6 Å². The first-order valence-corrected chi connectivity index (χ1v) is 15.0. The van der Waals surface area contributed by atoms with Gasteiger partial charge in [-0.2, -0.15) is 5.10 Å². The third-order valence-electron chi connectivity index (χ3n) is 7.07. The van der Waals surface area contributed by atoms with E-state index in [-0.39, 0.29) is 42.7 Å². The van der Waals surface area contributed by atoms with Crippen LogP contribution in [-0.4, -0.2) is 45.7 Å². The van der Waals surface area contributed by atoms with E-state index >= 15 is 0 Å². The van der Waals surface area contributed by atoms with Gasteiger partial charge in [0, 0.05) is 17.2 Å². The minimum absolute atomic E-state index is 0.160. The lowest BCUT2D eigenvalue weighted by Gasteiger charge is -2.24. The van der Waals surface area contributed by atoms with E-state index < -0.39 is 5.41 Å². The van der Waals surface area contributed by atoms with Gasteiger partial charge >= 0.3 is 0 Å². The van der Waals surface area contributed by atoms with Gasteiger partial charge in [0.05, 0.1) is 39.6 Å². The molecule has 216 valence electrons. The molecule has 11 heteroatoms. The number of hydrogen-bond acceptors (Lipinski definition) is 7. The lowest BCUT2D eigenvalue weighted by atomic mass is 9.87. The molecule has 0 spiro atoms. The van der Waals surface area contributed by atoms with Crippen LogP contribution in [-0.2, 0) is 21.5 Å². The molecule has 9 nitrogen and oxygen atoms in total. The average Bonchev–Trinajstić information content (AvgIpc) is 3.58. The molecular weight excluding hydrogens is 574 g/mol. The number of hydrogen-bond donors (Lipinski definition) is 1. The Kier molecular flexibility index (Phi) is 7.59. The number of thioether (sulfide) groups is 1. The zero-order valence-electron chi connectivity index (χ0n) is 23.5. The Morgan fingerprint density at radius 1 is 1.10 bits per heavy atom. The summed E-state index contributed by atoms with van der Waals surface area (Å²) in [5, 5.41) is 8.21. The van der Waals surface area contributed by atoms with Crippen molar-refractivity contribution in [3.05, 3.63) is 94.4 Å². The second-order valence-electron chi connectivity index (χ2n) is 11.1. The van der Waals surface area contributed by atoms with E-state index in [9.17, 15) is 9.59 Å². The number of pyridine rings is 1. The summed E-state index contributed by atoms with van der Waals surface area (Å²) < 4.78 is 13.0. The summed E-state index contributed by atoms with van der Waals surface area (Å²) in [4.78, 5) is 33.0. The Morgan fingerprint density at radius 3 is 2.64 bits per heavy atom. The number of halogens is 1. The molecule has 2 aromatic carbocycles. The standard InChI is InChI=1S/C31H30ClN5O4S/c1-31(2,3)29-27-28(19-11-12-23-24(14-19)41-18-40-23)42-17-26(39)36(16-25(38)34-15-20-8-6-7-13-33-20)30(27)37(35-29)22-10-5-4-9-21(22)32/h4-14,28H,15-18H2,1-3H3,(H,34,38). The van der Waals surface area contributed by atoms with Crippen molar-refractivity contribution in [3.63, 3.8) is 0 Å². The van der Waals surface area contributed by atoms with Crippen molar-refractivity contribution in [1.82, 2.24) is 20.1 Å². The van der Waals surface area contributed by atoms with Crippen molar-refractivity contribution in [3.8, 4) is 17.2 Å². The van der Waals surface area contributed by atoms with E-state index in [1.54, 1.807) is 16.9 Å². The molecule has 0 saturated heterocycles. The second kappa shape index (κ2) is 11.3. The maximum Gasteiger partial charge on any atom is 0.240 e. The topological polar surface area (TPSA) is 98.6 Å². The van der Waals surface area contributed by atoms with Gasteiger partial charge in [0.15, 0.2) is 11.5 Å². The number of para-hydroxylation sites is 1. The number of aromatic nitrogens is 3. The maximum absolute atomic E-state index is 13.9. The zero-order valence-corrected chi connectivity index (χ0v) is 25.0. The Morgan fingerprint density at radius 2 is 1.88 bits per heavy atom. The molecule has 4 heterocycles. The second-order valence-corrected chi connectivity index (χ2v) is 12.6. The Balaban J connectivity index is 1.49. The number of benzene rings is 2. The summed E-state index contributed by atoms with van der Waals surface area (Å²) in [5.41, 5.74) is 3.56. The molecule has 0 fully saturated rings. The van der Waals surface area contributed by atoms with Gasteiger partial charge in [0.25, 0.3) is 0 Å². The third kappa shape index (κ3) is 5.44. The number of rotatable bonds is 6. The number of carbonyl (C=O) groups is 2. The van der Waals surface area contributed by atoms with Gasteiger partial charge in [-0.3, -0.25) is 19.5 Å². The smallest absolute Gasteiger partial charge is 0.240 e. The van der Waals surface area contributed by atoms with Crippen molar-refractivity contribution in [1.29, 1.82) is 0 Å². The Labute approximate surface area is 253 Å². The highest BCUT2D eigenvalue weighted by Crippen LogP contribution is 2.50. The summed E-state index contributed by atoms with van der Waals surface area (Å²) in [6.07, 6.45) is 1.68. The number of carbonyl (C=O) groups excluding carboxylic acids is 2. The van der Waals surface area contributed by atoms with E-state index in [4.69, 9.17) is 26.2 Å². The summed E-state index contributed by atoms with van der Waals surface area (Å²) >= 11 is 8.21. The largest absolute Gasteiger partial charge is 0.454 e. The lowest BCUT2D eigenvalue weighted by molar-refractivity contribution is -0.123. The van der Waals surface area contributed by atoms with Crippen LogP contribution in [0.1, 0.15) is 48.5 Å². The molecule has 6 rings (SSSR count). The van der Waals surface area contributed by atoms with Crippen LogP contribution in [0.2, 0.25) is 5.02 Å². The molecule has 0 bridgehead atoms. The van der Waals surface area contributed by atoms with Crippen LogP contribution in [0.25, 0.3) is 5.69 Å². The minimum Gasteiger partial charge on any atom is -0.454 e. The molecule has 1 unspecified atom stereocenters. The van der Waals surface area contributed by atoms with Crippen molar-refractivity contribution < 1.29 is 19.1 Å². The molecule has 2 amide bonds. The molecule has 4 aromatic rings. The minimum atomic E-state index is -0.397. The molecule has 1 N–H and O–H groups in total. The van der Waals surface area contributed by atoms with E-state index in [1.165, 1.54) is 16.7 Å². The Bertz CT molecular complexity index is 1650. The normalized spacial score (nSPS) is 16.2. The van der Waals surface area contributed by atoms with Crippen molar-refractivity contribution in [2.75, 3.05) is 24.0 Å². The predicted octanol–water partition coefficient (Wildman–Crippen LogP) is 5.43. The molecule has 1 atom stereocenters. The molecular formula is C31H30ClN5O4S. The highest BCUT2D eigenvalue weighted by atomic mass is 35.5. The van der Waals surface area contributed by atoms with Crippen LogP contribution in [0.15, 0.2) is 66.9 Å². The van der Waals surface area contributed by atoms with Crippen LogP contribution < -0.4 is 19.7 Å². The van der Waals surface area contributed by atoms with E-state index in [0.717, 1.165) is 22.5 Å². The summed E-state index contributed by atoms with van der Waals surface area (Å²) in [6, 6.07) is 18.7. The fraction of sp³-hybridized carbons (Fsp3) is 0.290. The number of nitrogens with one attached hydrogen (secondary N) is 1. The summed E-state index contributed by atoms with van der Waals surface area (Å²) in [7, 11) is 0. The van der Waals surface area contributed by atoms with Gasteiger partial charge in [-0.25, -0.2) is 4.68 Å². The van der Waals surface area contributed by atoms with Gasteiger partial charge < -0.3 is 14.8 Å². The molecule has 0 radical (unpaired) electrons. The predicted molar refractivity (Wildman–Crippen MR) is 163 cm³/mol. The number of fused-ring (bicyclic) bond motifs is 2. The fourth-order valence-electron chi connectivity index (χ4n) is 5.10. The number of amides is 2. The van der Waals surface area contributed by atoms with Gasteiger partial charge in [0.1, 0.15) is 12.4 Å². The lowest BCUT2D eigenvalue weighted by Crippen LogP contribution is -2.42. The molecule has 42 heavy (non-hydrogen) atoms. The molecule has 0 aliphatic carbocycles. The third-order valence-corrected chi connectivity index (χ3v) is 8.65. The summed E-state index contributed by atoms with van der Waals surface area (Å²) in [6.45, 7) is 6.49. The number of ether oxygens (including phenoxy) is 2. The van der Waals surface area contributed by atoms with Crippen molar-refractivity contribution in [2.24, 2.45) is 0 Å². The molecule has 0 saturated carbocycles. The molecule has 2 aromatic heterocycles. The average molecular weight is 604 g/mol. The first-order valence-electron chi connectivity index (χ1n) is 13.6. The summed E-state index contributed by atoms with van der Waals surface area (Å²) in [5.74, 6) is 1.52. The monoisotopic (exact) mass is 603 g/mol. The first kappa shape index (κ1) is 28.1. The SMILES string of the molecule is CC(C)(C)c1nn(-c2ccccc2Cl)c2c1C(c1ccc3c(c1)OCO3)SCC(=O)N2CC(=O)NCc1ccccn1. The van der Waals surface area contributed by atoms with Crippen molar-refractivity contribution >= 4 is 41.0 Å². The highest BCUT2D eigenvalue weighted by molar-refractivity contribution is 8.00. The van der Waals surface area contributed by atoms with Crippen LogP contribution >= 0.6 is 23.4 Å². The zero-order chi connectivity index (χ0) is 29.4. The van der Waals surface area contributed by atoms with E-state index in [1.807, 2.05) is 54.6 Å². The van der Waals surface area contributed by atoms with Gasteiger partial charge in [-0.1, -0.05) is 56.6 Å². The number of anilines is 1. The van der Waals surface area contributed by atoms with E-state index in [0.29, 0.717) is 28.0 Å². The van der Waals surface area contributed by atoms with Crippen molar-refractivity contribution in [2.45, 2.75) is 38.0 Å². The maximum atomic E-state index is 13.9. The van der Waals surface area contributed by atoms with Crippen LogP contribution in [0.5, 0.6) is 11.5 Å². The quantitative estimate of drug-likeness (QED) is 0.314. The number of nitrogens with zero attached hydrogens (tertiary/aromatic N) is 4. The molecule has 2 aliphatic heterocycles. The van der Waals surface area contributed by atoms with Crippen LogP contribution in [0.4, 0.5) is 5.82 Å². The highest BCUT2D eigenvalue weighted by Gasteiger charge is 2.40. The van der Waals surface area contributed by atoms with Gasteiger partial charge in [-0.15, -0.1) is 11.8 Å². The Hall–Kier alpha value is -4.02. The van der Waals surface area contributed by atoms with Crippen LogP contribution in [0, 0.1) is 0 Å². The molecule has 2 aliphatic rings. The fourth-order valence-corrected chi connectivity index (χ4v) is 6.50. The van der Waals surface area contributed by atoms with E-state index in [2.05, 4.69) is 31.1 Å². The van der Waals surface area contributed by atoms with Gasteiger partial charge in [-0.05, 0) is 42.0 Å².